The third-order valence-electron chi connectivity index (χ3n) is 3.21. The molecular weight excluding hydrogens is 210 g/mol. The summed E-state index contributed by atoms with van der Waals surface area (Å²) in [5.74, 6) is 0.386. The molecule has 0 spiro atoms. The van der Waals surface area contributed by atoms with E-state index in [1.54, 1.807) is 0 Å². The summed E-state index contributed by atoms with van der Waals surface area (Å²) in [6.07, 6.45) is 6.45. The van der Waals surface area contributed by atoms with Crippen LogP contribution in [-0.2, 0) is 0 Å². The van der Waals surface area contributed by atoms with Crippen LogP contribution >= 0.6 is 0 Å². The van der Waals surface area contributed by atoms with Gasteiger partial charge in [0.15, 0.2) is 0 Å². The molecule has 1 aliphatic carbocycles. The molecule has 2 nitrogen and oxygen atoms in total. The Kier molecular flexibility index (Phi) is 3.07. The van der Waals surface area contributed by atoms with E-state index in [0.717, 1.165) is 11.3 Å². The van der Waals surface area contributed by atoms with Gasteiger partial charge in [0.05, 0.1) is 5.69 Å². The molecule has 0 radical (unpaired) electrons. The van der Waals surface area contributed by atoms with E-state index in [4.69, 9.17) is 0 Å². The Bertz CT molecular complexity index is 466. The predicted molar refractivity (Wildman–Crippen MR) is 71.9 cm³/mol. The minimum Gasteiger partial charge on any atom is -0.291 e. The fourth-order valence-corrected chi connectivity index (χ4v) is 2.32. The number of benzene rings is 1. The second-order valence-electron chi connectivity index (χ2n) is 5.51. The Morgan fingerprint density at radius 1 is 1.18 bits per heavy atom. The van der Waals surface area contributed by atoms with Crippen molar-refractivity contribution in [2.75, 3.05) is 5.48 Å². The lowest BCUT2D eigenvalue weighted by Gasteiger charge is -2.29. The van der Waals surface area contributed by atoms with E-state index < -0.39 is 0 Å². The number of hydrogen-bond donors (Lipinski definition) is 2. The molecule has 0 saturated carbocycles. The van der Waals surface area contributed by atoms with Crippen molar-refractivity contribution in [3.8, 4) is 0 Å². The first-order chi connectivity index (χ1) is 8.04. The van der Waals surface area contributed by atoms with Crippen molar-refractivity contribution in [2.24, 2.45) is 11.3 Å². The molecule has 0 aliphatic heterocycles. The number of anilines is 1. The lowest BCUT2D eigenvalue weighted by atomic mass is 9.75. The van der Waals surface area contributed by atoms with E-state index in [1.165, 1.54) is 5.57 Å². The summed E-state index contributed by atoms with van der Waals surface area (Å²) in [6, 6.07) is 7.83. The van der Waals surface area contributed by atoms with Crippen LogP contribution in [0.1, 0.15) is 26.3 Å². The molecule has 1 unspecified atom stereocenters. The highest BCUT2D eigenvalue weighted by molar-refractivity contribution is 5.81. The van der Waals surface area contributed by atoms with Crippen LogP contribution in [0.3, 0.4) is 0 Å². The van der Waals surface area contributed by atoms with Crippen molar-refractivity contribution < 1.29 is 5.21 Å². The molecule has 17 heavy (non-hydrogen) atoms. The van der Waals surface area contributed by atoms with Gasteiger partial charge in [-0.15, -0.1) is 0 Å². The van der Waals surface area contributed by atoms with E-state index >= 15 is 0 Å². The smallest absolute Gasteiger partial charge is 0.0677 e. The lowest BCUT2D eigenvalue weighted by molar-refractivity contribution is 0.354. The van der Waals surface area contributed by atoms with Crippen LogP contribution in [0.5, 0.6) is 0 Å². The van der Waals surface area contributed by atoms with Gasteiger partial charge in [0.1, 0.15) is 0 Å². The molecule has 0 fully saturated rings. The van der Waals surface area contributed by atoms with E-state index in [0.29, 0.717) is 5.92 Å². The monoisotopic (exact) mass is 229 g/mol. The largest absolute Gasteiger partial charge is 0.291 e. The van der Waals surface area contributed by atoms with Gasteiger partial charge in [-0.05, 0) is 17.1 Å². The van der Waals surface area contributed by atoms with Crippen molar-refractivity contribution in [2.45, 2.75) is 20.8 Å². The van der Waals surface area contributed by atoms with Crippen LogP contribution in [0.25, 0.3) is 5.57 Å². The third kappa shape index (κ3) is 2.27. The first kappa shape index (κ1) is 11.9. The highest BCUT2D eigenvalue weighted by atomic mass is 16.5. The maximum Gasteiger partial charge on any atom is 0.0677 e. The maximum absolute atomic E-state index is 9.17. The van der Waals surface area contributed by atoms with Gasteiger partial charge in [-0.25, -0.2) is 0 Å². The van der Waals surface area contributed by atoms with Crippen molar-refractivity contribution >= 4 is 11.3 Å². The zero-order valence-corrected chi connectivity index (χ0v) is 10.6. The zero-order valence-electron chi connectivity index (χ0n) is 10.6. The van der Waals surface area contributed by atoms with Gasteiger partial charge < -0.3 is 0 Å². The Labute approximate surface area is 103 Å². The minimum absolute atomic E-state index is 0.182. The topological polar surface area (TPSA) is 32.3 Å². The fourth-order valence-electron chi connectivity index (χ4n) is 2.32. The van der Waals surface area contributed by atoms with Gasteiger partial charge in [0.25, 0.3) is 0 Å². The molecule has 1 aromatic carbocycles. The van der Waals surface area contributed by atoms with E-state index in [2.05, 4.69) is 44.5 Å². The van der Waals surface area contributed by atoms with Crippen molar-refractivity contribution in [1.29, 1.82) is 0 Å². The summed E-state index contributed by atoms with van der Waals surface area (Å²) < 4.78 is 0. The normalized spacial score (nSPS) is 19.3. The molecule has 0 bridgehead atoms. The van der Waals surface area contributed by atoms with Crippen molar-refractivity contribution in [3.63, 3.8) is 0 Å². The fraction of sp³-hybridized carbons (Fsp3) is 0.333. The Morgan fingerprint density at radius 3 is 2.53 bits per heavy atom. The molecule has 0 heterocycles. The molecule has 2 rings (SSSR count). The highest BCUT2D eigenvalue weighted by Crippen LogP contribution is 2.42. The van der Waals surface area contributed by atoms with Crippen LogP contribution in [0, 0.1) is 11.3 Å². The average molecular weight is 229 g/mol. The molecule has 1 aromatic rings. The summed E-state index contributed by atoms with van der Waals surface area (Å²) in [7, 11) is 0. The Morgan fingerprint density at radius 2 is 1.88 bits per heavy atom. The van der Waals surface area contributed by atoms with Crippen LogP contribution in [0.4, 0.5) is 5.69 Å². The molecule has 0 aromatic heterocycles. The van der Waals surface area contributed by atoms with Crippen LogP contribution in [-0.4, -0.2) is 5.21 Å². The molecule has 2 N–H and O–H groups in total. The Hall–Kier alpha value is -1.54. The number of nitrogens with one attached hydrogen (secondary N) is 1. The average Bonchev–Trinajstić information content (AvgIpc) is 2.77. The SMILES string of the molecule is CC(C)(C)C1C=CC=C1c1ccccc1NO. The highest BCUT2D eigenvalue weighted by Gasteiger charge is 2.29. The molecule has 1 aliphatic rings. The van der Waals surface area contributed by atoms with Gasteiger partial charge in [0, 0.05) is 11.5 Å². The van der Waals surface area contributed by atoms with Crippen molar-refractivity contribution in [3.05, 3.63) is 48.1 Å². The predicted octanol–water partition coefficient (Wildman–Crippen LogP) is 4.10. The second kappa shape index (κ2) is 4.38. The number of para-hydroxylation sites is 1. The van der Waals surface area contributed by atoms with Gasteiger partial charge in [-0.2, -0.15) is 0 Å². The molecule has 90 valence electrons. The van der Waals surface area contributed by atoms with Crippen LogP contribution < -0.4 is 5.48 Å². The van der Waals surface area contributed by atoms with E-state index in [-0.39, 0.29) is 5.41 Å². The number of rotatable bonds is 2. The molecule has 1 atom stereocenters. The van der Waals surface area contributed by atoms with Gasteiger partial charge in [0.2, 0.25) is 0 Å². The number of hydrogen-bond acceptors (Lipinski definition) is 2. The van der Waals surface area contributed by atoms with Gasteiger partial charge in [-0.1, -0.05) is 57.2 Å². The first-order valence-corrected chi connectivity index (χ1v) is 5.92. The molecule has 0 saturated heterocycles. The van der Waals surface area contributed by atoms with Crippen LogP contribution in [0.15, 0.2) is 42.5 Å². The summed E-state index contributed by atoms with van der Waals surface area (Å²) >= 11 is 0. The summed E-state index contributed by atoms with van der Waals surface area (Å²) in [6.45, 7) is 6.70. The Balaban J connectivity index is 2.41. The molecule has 0 amide bonds. The summed E-state index contributed by atoms with van der Waals surface area (Å²) in [5, 5.41) is 9.17. The maximum atomic E-state index is 9.17. The summed E-state index contributed by atoms with van der Waals surface area (Å²) in [4.78, 5) is 0. The molecular formula is C15H19NO. The van der Waals surface area contributed by atoms with Crippen molar-refractivity contribution in [1.82, 2.24) is 0 Å². The number of allylic oxidation sites excluding steroid dienone is 4. The van der Waals surface area contributed by atoms with E-state index in [9.17, 15) is 5.21 Å². The summed E-state index contributed by atoms with van der Waals surface area (Å²) in [5.41, 5.74) is 5.55. The zero-order chi connectivity index (χ0) is 12.5. The molecule has 2 heteroatoms. The first-order valence-electron chi connectivity index (χ1n) is 5.92. The van der Waals surface area contributed by atoms with Gasteiger partial charge >= 0.3 is 0 Å². The van der Waals surface area contributed by atoms with E-state index in [1.807, 2.05) is 24.3 Å². The second-order valence-corrected chi connectivity index (χ2v) is 5.51. The minimum atomic E-state index is 0.182. The standard InChI is InChI=1S/C15H19NO/c1-15(2,3)13-9-6-8-11(13)12-7-4-5-10-14(12)16-17/h4-10,13,16-17H,1-3H3. The third-order valence-corrected chi connectivity index (χ3v) is 3.21. The lowest BCUT2D eigenvalue weighted by Crippen LogP contribution is -2.18. The van der Waals surface area contributed by atoms with Crippen LogP contribution in [0.2, 0.25) is 0 Å². The quantitative estimate of drug-likeness (QED) is 0.748. The van der Waals surface area contributed by atoms with Gasteiger partial charge in [-0.3, -0.25) is 10.7 Å².